The Hall–Kier alpha value is -4.85. The van der Waals surface area contributed by atoms with E-state index in [2.05, 4.69) is 40.7 Å². The number of aromatic nitrogens is 5. The molecule has 1 fully saturated rings. The lowest BCUT2D eigenvalue weighted by Crippen LogP contribution is -2.26. The van der Waals surface area contributed by atoms with Crippen LogP contribution in [0.4, 0.5) is 10.2 Å². The van der Waals surface area contributed by atoms with E-state index in [9.17, 15) is 9.18 Å². The van der Waals surface area contributed by atoms with Crippen LogP contribution < -0.4 is 20.6 Å². The van der Waals surface area contributed by atoms with Gasteiger partial charge in [0.05, 0.1) is 12.8 Å². The molecule has 14 heteroatoms. The quantitative estimate of drug-likeness (QED) is 0.210. The van der Waals surface area contributed by atoms with Crippen molar-refractivity contribution < 1.29 is 23.3 Å². The zero-order valence-corrected chi connectivity index (χ0v) is 21.8. The van der Waals surface area contributed by atoms with E-state index in [1.807, 2.05) is 6.92 Å². The molecular weight excluding hydrogens is 521 g/mol. The number of hydrogen-bond donors (Lipinski definition) is 2. The number of benzene rings is 2. The van der Waals surface area contributed by atoms with Gasteiger partial charge in [-0.05, 0) is 84.6 Å². The van der Waals surface area contributed by atoms with Crippen LogP contribution >= 0.6 is 0 Å². The molecule has 13 nitrogen and oxygen atoms in total. The smallest absolute Gasteiger partial charge is 0.292 e. The number of rotatable bonds is 11. The Kier molecular flexibility index (Phi) is 8.25. The van der Waals surface area contributed by atoms with Crippen molar-refractivity contribution in [3.8, 4) is 17.3 Å². The number of halogens is 1. The monoisotopic (exact) mass is 549 g/mol. The third-order valence-electron chi connectivity index (χ3n) is 6.18. The van der Waals surface area contributed by atoms with Gasteiger partial charge in [0.1, 0.15) is 18.1 Å². The SMILES string of the molecule is CCOc1cc(/C=N/NC(=O)c2c(CN3CCCC3)nnn2-c2nonc2N)ccc1OCc1ccc(F)cc1. The van der Waals surface area contributed by atoms with Crippen molar-refractivity contribution in [3.63, 3.8) is 0 Å². The van der Waals surface area contributed by atoms with Crippen LogP contribution in [0.5, 0.6) is 11.5 Å². The molecule has 0 spiro atoms. The van der Waals surface area contributed by atoms with Crippen molar-refractivity contribution in [1.82, 2.24) is 35.6 Å². The molecule has 3 heterocycles. The van der Waals surface area contributed by atoms with Gasteiger partial charge < -0.3 is 15.2 Å². The van der Waals surface area contributed by atoms with Gasteiger partial charge in [-0.1, -0.05) is 17.3 Å². The summed E-state index contributed by atoms with van der Waals surface area (Å²) in [6.45, 7) is 4.78. The fourth-order valence-corrected chi connectivity index (χ4v) is 4.24. The highest BCUT2D eigenvalue weighted by Crippen LogP contribution is 2.29. The number of amides is 1. The first-order chi connectivity index (χ1) is 19.5. The number of nitrogens with zero attached hydrogens (tertiary/aromatic N) is 7. The third kappa shape index (κ3) is 6.23. The second-order valence-corrected chi connectivity index (χ2v) is 9.01. The van der Waals surface area contributed by atoms with E-state index in [-0.39, 0.29) is 29.8 Å². The molecule has 0 bridgehead atoms. The summed E-state index contributed by atoms with van der Waals surface area (Å²) in [5.74, 6) is 0.198. The maximum absolute atomic E-state index is 13.3. The number of likely N-dealkylation sites (tertiary alicyclic amines) is 1. The highest BCUT2D eigenvalue weighted by Gasteiger charge is 2.27. The average molecular weight is 550 g/mol. The molecule has 1 aliphatic heterocycles. The van der Waals surface area contributed by atoms with E-state index in [1.54, 1.807) is 30.3 Å². The number of hydrazone groups is 1. The minimum atomic E-state index is -0.554. The molecule has 1 saturated heterocycles. The van der Waals surface area contributed by atoms with Gasteiger partial charge in [0.2, 0.25) is 11.6 Å². The Morgan fingerprint density at radius 3 is 2.67 bits per heavy atom. The van der Waals surface area contributed by atoms with Crippen LogP contribution in [0.3, 0.4) is 0 Å². The third-order valence-corrected chi connectivity index (χ3v) is 6.18. The number of carbonyl (C=O) groups excluding carboxylic acids is 1. The lowest BCUT2D eigenvalue weighted by molar-refractivity contribution is 0.0945. The Morgan fingerprint density at radius 1 is 1.15 bits per heavy atom. The summed E-state index contributed by atoms with van der Waals surface area (Å²) in [6.07, 6.45) is 3.64. The second kappa shape index (κ2) is 12.3. The first kappa shape index (κ1) is 26.7. The number of anilines is 1. The van der Waals surface area contributed by atoms with Crippen LogP contribution in [0.25, 0.3) is 5.82 Å². The predicted octanol–water partition coefficient (Wildman–Crippen LogP) is 2.71. The van der Waals surface area contributed by atoms with Gasteiger partial charge in [0.15, 0.2) is 17.2 Å². The van der Waals surface area contributed by atoms with E-state index in [0.29, 0.717) is 35.9 Å². The van der Waals surface area contributed by atoms with E-state index in [4.69, 9.17) is 15.2 Å². The fraction of sp³-hybridized carbons (Fsp3) is 0.308. The minimum absolute atomic E-state index is 0.0274. The number of nitrogen functional groups attached to an aromatic ring is 1. The Labute approximate surface area is 228 Å². The summed E-state index contributed by atoms with van der Waals surface area (Å²) in [7, 11) is 0. The first-order valence-electron chi connectivity index (χ1n) is 12.7. The molecular formula is C26H28FN9O4. The van der Waals surface area contributed by atoms with Crippen molar-refractivity contribution in [1.29, 1.82) is 0 Å². The molecule has 5 rings (SSSR count). The summed E-state index contributed by atoms with van der Waals surface area (Å²) in [4.78, 5) is 15.4. The standard InChI is InChI=1S/C26H28FN9O4/c1-2-38-22-13-18(7-10-21(22)39-16-17-5-8-19(27)9-6-17)14-29-31-26(37)23-20(15-35-11-3-4-12-35)30-34-36(23)25-24(28)32-40-33-25/h5-10,13-14H,2-4,11-12,15-16H2,1H3,(H2,28,32)(H,31,37)/b29-14+. The number of nitrogens with one attached hydrogen (secondary N) is 1. The normalized spacial score (nSPS) is 13.7. The van der Waals surface area contributed by atoms with Gasteiger partial charge in [-0.25, -0.2) is 14.4 Å². The molecule has 0 radical (unpaired) electrons. The van der Waals surface area contributed by atoms with Crippen LogP contribution in [0, 0.1) is 5.82 Å². The molecule has 3 N–H and O–H groups in total. The molecule has 0 atom stereocenters. The van der Waals surface area contributed by atoms with Gasteiger partial charge in [0, 0.05) is 6.54 Å². The molecule has 2 aromatic heterocycles. The predicted molar refractivity (Wildman–Crippen MR) is 142 cm³/mol. The maximum Gasteiger partial charge on any atom is 0.292 e. The number of carbonyl (C=O) groups is 1. The highest BCUT2D eigenvalue weighted by molar-refractivity contribution is 5.95. The molecule has 0 saturated carbocycles. The van der Waals surface area contributed by atoms with E-state index >= 15 is 0 Å². The van der Waals surface area contributed by atoms with E-state index in [1.165, 1.54) is 23.0 Å². The van der Waals surface area contributed by atoms with Crippen LogP contribution in [-0.4, -0.2) is 62.0 Å². The molecule has 0 aliphatic carbocycles. The topological polar surface area (TPSA) is 159 Å². The average Bonchev–Trinajstić information content (AvgIpc) is 3.71. The van der Waals surface area contributed by atoms with Gasteiger partial charge in [-0.3, -0.25) is 9.69 Å². The molecule has 2 aromatic carbocycles. The summed E-state index contributed by atoms with van der Waals surface area (Å²) in [6, 6.07) is 11.3. The summed E-state index contributed by atoms with van der Waals surface area (Å²) in [5.41, 5.74) is 10.4. The minimum Gasteiger partial charge on any atom is -0.490 e. The Balaban J connectivity index is 1.30. The van der Waals surface area contributed by atoms with Crippen LogP contribution in [0.15, 0.2) is 52.2 Å². The van der Waals surface area contributed by atoms with Crippen molar-refractivity contribution >= 4 is 17.9 Å². The lowest BCUT2D eigenvalue weighted by Gasteiger charge is -2.13. The van der Waals surface area contributed by atoms with E-state index in [0.717, 1.165) is 31.5 Å². The van der Waals surface area contributed by atoms with Gasteiger partial charge in [-0.15, -0.1) is 5.10 Å². The van der Waals surface area contributed by atoms with Crippen LogP contribution in [0.1, 0.15) is 47.1 Å². The molecule has 208 valence electrons. The first-order valence-corrected chi connectivity index (χ1v) is 12.7. The fourth-order valence-electron chi connectivity index (χ4n) is 4.24. The number of ether oxygens (including phenoxy) is 2. The molecule has 4 aromatic rings. The molecule has 1 aliphatic rings. The highest BCUT2D eigenvalue weighted by atomic mass is 19.1. The summed E-state index contributed by atoms with van der Waals surface area (Å²) < 4.78 is 30.7. The molecule has 1 amide bonds. The lowest BCUT2D eigenvalue weighted by atomic mass is 10.2. The Bertz CT molecular complexity index is 1480. The zero-order chi connectivity index (χ0) is 27.9. The second-order valence-electron chi connectivity index (χ2n) is 9.01. The number of nitrogens with two attached hydrogens (primary N) is 1. The zero-order valence-electron chi connectivity index (χ0n) is 21.8. The molecule has 0 unspecified atom stereocenters. The maximum atomic E-state index is 13.3. The molecule has 40 heavy (non-hydrogen) atoms. The van der Waals surface area contributed by atoms with Gasteiger partial charge in [0.25, 0.3) is 5.91 Å². The summed E-state index contributed by atoms with van der Waals surface area (Å²) in [5, 5.41) is 19.7. The van der Waals surface area contributed by atoms with Crippen molar-refractivity contribution in [2.75, 3.05) is 25.4 Å². The van der Waals surface area contributed by atoms with Gasteiger partial charge >= 0.3 is 0 Å². The Morgan fingerprint density at radius 2 is 1.95 bits per heavy atom. The summed E-state index contributed by atoms with van der Waals surface area (Å²) >= 11 is 0. The largest absolute Gasteiger partial charge is 0.490 e. The van der Waals surface area contributed by atoms with Crippen LogP contribution in [0.2, 0.25) is 0 Å². The van der Waals surface area contributed by atoms with Gasteiger partial charge in [-0.2, -0.15) is 9.78 Å². The van der Waals surface area contributed by atoms with Crippen molar-refractivity contribution in [2.24, 2.45) is 5.10 Å². The van der Waals surface area contributed by atoms with E-state index < -0.39 is 5.91 Å². The van der Waals surface area contributed by atoms with Crippen molar-refractivity contribution in [2.45, 2.75) is 32.9 Å². The van der Waals surface area contributed by atoms with Crippen LogP contribution in [-0.2, 0) is 13.2 Å². The number of hydrogen-bond acceptors (Lipinski definition) is 11. The van der Waals surface area contributed by atoms with Crippen molar-refractivity contribution in [3.05, 3.63) is 70.8 Å².